The molecule has 0 unspecified atom stereocenters. The average molecular weight is 354 g/mol. The largest absolute Gasteiger partial charge is 0.391 e. The minimum absolute atomic E-state index is 0.324. The number of fused-ring (bicyclic) bond motifs is 1. The average Bonchev–Trinajstić information content (AvgIpc) is 3.18. The zero-order chi connectivity index (χ0) is 17.6. The molecule has 0 bridgehead atoms. The Hall–Kier alpha value is -2.51. The summed E-state index contributed by atoms with van der Waals surface area (Å²) in [5.41, 5.74) is 7.66. The van der Waals surface area contributed by atoms with Crippen LogP contribution in [0.15, 0.2) is 35.7 Å². The molecule has 25 heavy (non-hydrogen) atoms. The molecule has 2 aromatic heterocycles. The number of carbonyl (C=O) groups is 1. The number of nitrogens with zero attached hydrogens (tertiary/aromatic N) is 3. The van der Waals surface area contributed by atoms with Crippen molar-refractivity contribution in [3.8, 4) is 11.1 Å². The summed E-state index contributed by atoms with van der Waals surface area (Å²) in [7, 11) is 0. The lowest BCUT2D eigenvalue weighted by Crippen LogP contribution is -2.41. The molecule has 3 heterocycles. The van der Waals surface area contributed by atoms with Gasteiger partial charge >= 0.3 is 0 Å². The summed E-state index contributed by atoms with van der Waals surface area (Å²) in [6, 6.07) is 9.46. The number of carbonyl (C=O) groups excluding carboxylic acids is 1. The van der Waals surface area contributed by atoms with E-state index in [4.69, 9.17) is 5.73 Å². The van der Waals surface area contributed by atoms with E-state index in [2.05, 4.69) is 15.3 Å². The fraction of sp³-hybridized carbons (Fsp3) is 0.278. The van der Waals surface area contributed by atoms with Crippen LogP contribution in [-0.2, 0) is 4.79 Å². The third-order valence-corrected chi connectivity index (χ3v) is 5.36. The number of aromatic nitrogens is 2. The van der Waals surface area contributed by atoms with Crippen LogP contribution < -0.4 is 10.6 Å². The van der Waals surface area contributed by atoms with Gasteiger partial charge in [0.1, 0.15) is 22.5 Å². The van der Waals surface area contributed by atoms with Crippen LogP contribution >= 0.6 is 11.3 Å². The molecule has 0 aliphatic carbocycles. The smallest absolute Gasteiger partial charge is 0.240 e. The number of rotatable bonds is 3. The number of hydrogen-bond acceptors (Lipinski definition) is 6. The predicted octanol–water partition coefficient (Wildman–Crippen LogP) is 2.09. The van der Waals surface area contributed by atoms with Crippen molar-refractivity contribution in [3.63, 3.8) is 0 Å². The van der Waals surface area contributed by atoms with Gasteiger partial charge in [-0.25, -0.2) is 9.97 Å². The second-order valence-corrected chi connectivity index (χ2v) is 7.11. The molecule has 128 valence electrons. The molecular weight excluding hydrogens is 336 g/mol. The SMILES string of the molecule is Cc1nc(N2C[C@@H](O)C[C@@H]2C(N)=O)c2c(-c3ccccc3)csc2n1. The summed E-state index contributed by atoms with van der Waals surface area (Å²) in [6.45, 7) is 2.17. The number of aliphatic hydroxyl groups is 1. The van der Waals surface area contributed by atoms with Gasteiger partial charge in [-0.2, -0.15) is 0 Å². The van der Waals surface area contributed by atoms with Gasteiger partial charge in [0.15, 0.2) is 0 Å². The van der Waals surface area contributed by atoms with Crippen LogP contribution in [0.3, 0.4) is 0 Å². The van der Waals surface area contributed by atoms with Gasteiger partial charge in [0.2, 0.25) is 5.91 Å². The van der Waals surface area contributed by atoms with Gasteiger partial charge in [-0.1, -0.05) is 30.3 Å². The maximum Gasteiger partial charge on any atom is 0.240 e. The summed E-state index contributed by atoms with van der Waals surface area (Å²) < 4.78 is 0. The normalized spacial score (nSPS) is 20.3. The summed E-state index contributed by atoms with van der Waals surface area (Å²) in [5, 5.41) is 13.0. The Morgan fingerprint density at radius 3 is 2.80 bits per heavy atom. The van der Waals surface area contributed by atoms with E-state index in [0.29, 0.717) is 24.6 Å². The van der Waals surface area contributed by atoms with Crippen LogP contribution in [0.1, 0.15) is 12.2 Å². The van der Waals surface area contributed by atoms with Crippen molar-refractivity contribution in [2.24, 2.45) is 5.73 Å². The second-order valence-electron chi connectivity index (χ2n) is 6.25. The lowest BCUT2D eigenvalue weighted by Gasteiger charge is -2.24. The van der Waals surface area contributed by atoms with Crippen molar-refractivity contribution in [3.05, 3.63) is 41.5 Å². The number of β-amino-alcohol motifs (C(OH)–C–C–N with tert-alkyl or cyclic N) is 1. The van der Waals surface area contributed by atoms with Gasteiger partial charge < -0.3 is 15.7 Å². The lowest BCUT2D eigenvalue weighted by atomic mass is 10.1. The molecule has 4 rings (SSSR count). The highest BCUT2D eigenvalue weighted by Gasteiger charge is 2.37. The first kappa shape index (κ1) is 16.0. The monoisotopic (exact) mass is 354 g/mol. The van der Waals surface area contributed by atoms with E-state index in [1.165, 1.54) is 0 Å². The van der Waals surface area contributed by atoms with Gasteiger partial charge in [0.25, 0.3) is 0 Å². The summed E-state index contributed by atoms with van der Waals surface area (Å²) in [4.78, 5) is 23.7. The van der Waals surface area contributed by atoms with Gasteiger partial charge in [-0.3, -0.25) is 4.79 Å². The molecule has 1 aromatic carbocycles. The van der Waals surface area contributed by atoms with Crippen LogP contribution in [0.4, 0.5) is 5.82 Å². The number of benzene rings is 1. The molecule has 0 spiro atoms. The van der Waals surface area contributed by atoms with Crippen LogP contribution in [-0.4, -0.2) is 39.7 Å². The van der Waals surface area contributed by atoms with E-state index in [-0.39, 0.29) is 0 Å². The fourth-order valence-corrected chi connectivity index (χ4v) is 4.37. The van der Waals surface area contributed by atoms with Gasteiger partial charge in [-0.05, 0) is 12.5 Å². The minimum atomic E-state index is -0.596. The number of hydrogen-bond donors (Lipinski definition) is 2. The second kappa shape index (κ2) is 6.09. The number of aliphatic hydroxyl groups excluding tert-OH is 1. The molecule has 0 saturated carbocycles. The molecule has 1 fully saturated rings. The third-order valence-electron chi connectivity index (χ3n) is 4.49. The van der Waals surface area contributed by atoms with Crippen LogP contribution in [0.25, 0.3) is 21.3 Å². The summed E-state index contributed by atoms with van der Waals surface area (Å²) in [6.07, 6.45) is -0.272. The van der Waals surface area contributed by atoms with E-state index in [0.717, 1.165) is 21.3 Å². The van der Waals surface area contributed by atoms with Crippen LogP contribution in [0.5, 0.6) is 0 Å². The Bertz CT molecular complexity index is 941. The number of aryl methyl sites for hydroxylation is 1. The van der Waals surface area contributed by atoms with Gasteiger partial charge in [-0.15, -0.1) is 11.3 Å². The van der Waals surface area contributed by atoms with Crippen molar-refractivity contribution < 1.29 is 9.90 Å². The first-order chi connectivity index (χ1) is 12.0. The predicted molar refractivity (Wildman–Crippen MR) is 98.5 cm³/mol. The lowest BCUT2D eigenvalue weighted by molar-refractivity contribution is -0.119. The van der Waals surface area contributed by atoms with E-state index in [1.807, 2.05) is 42.2 Å². The van der Waals surface area contributed by atoms with Crippen molar-refractivity contribution in [1.29, 1.82) is 0 Å². The Balaban J connectivity index is 1.94. The Morgan fingerprint density at radius 1 is 1.32 bits per heavy atom. The van der Waals surface area contributed by atoms with E-state index in [1.54, 1.807) is 11.3 Å². The molecule has 1 amide bonds. The Morgan fingerprint density at radius 2 is 2.08 bits per heavy atom. The maximum atomic E-state index is 11.9. The minimum Gasteiger partial charge on any atom is -0.391 e. The van der Waals surface area contributed by atoms with Crippen molar-refractivity contribution in [1.82, 2.24) is 9.97 Å². The highest BCUT2D eigenvalue weighted by atomic mass is 32.1. The number of anilines is 1. The molecule has 6 nitrogen and oxygen atoms in total. The fourth-order valence-electron chi connectivity index (χ4n) is 3.38. The van der Waals surface area contributed by atoms with Crippen molar-refractivity contribution >= 4 is 33.3 Å². The van der Waals surface area contributed by atoms with Crippen molar-refractivity contribution in [2.75, 3.05) is 11.4 Å². The molecule has 0 radical (unpaired) electrons. The number of thiophene rings is 1. The molecular formula is C18H18N4O2S. The van der Waals surface area contributed by atoms with E-state index >= 15 is 0 Å². The standard InChI is InChI=1S/C18H18N4O2S/c1-10-20-17(22-8-12(23)7-14(22)16(19)24)15-13(9-25-18(15)21-10)11-5-3-2-4-6-11/h2-6,9,12,14,23H,7-8H2,1H3,(H2,19,24)/t12-,14+/m0/s1. The molecule has 1 aliphatic heterocycles. The van der Waals surface area contributed by atoms with Gasteiger partial charge in [0, 0.05) is 23.9 Å². The van der Waals surface area contributed by atoms with E-state index in [9.17, 15) is 9.90 Å². The third kappa shape index (κ3) is 2.75. The molecule has 1 aliphatic rings. The topological polar surface area (TPSA) is 92.3 Å². The van der Waals surface area contributed by atoms with Crippen LogP contribution in [0.2, 0.25) is 0 Å². The van der Waals surface area contributed by atoms with Crippen LogP contribution in [0, 0.1) is 6.92 Å². The zero-order valence-corrected chi connectivity index (χ0v) is 14.5. The van der Waals surface area contributed by atoms with Gasteiger partial charge in [0.05, 0.1) is 11.5 Å². The Kier molecular flexibility index (Phi) is 3.89. The number of primary amides is 1. The van der Waals surface area contributed by atoms with Crippen molar-refractivity contribution in [2.45, 2.75) is 25.5 Å². The summed E-state index contributed by atoms with van der Waals surface area (Å²) >= 11 is 1.55. The highest BCUT2D eigenvalue weighted by molar-refractivity contribution is 7.17. The highest BCUT2D eigenvalue weighted by Crippen LogP contribution is 2.40. The molecule has 3 N–H and O–H groups in total. The molecule has 3 aromatic rings. The quantitative estimate of drug-likeness (QED) is 0.751. The number of nitrogens with two attached hydrogens (primary N) is 1. The maximum absolute atomic E-state index is 11.9. The first-order valence-corrected chi connectivity index (χ1v) is 8.98. The molecule has 1 saturated heterocycles. The first-order valence-electron chi connectivity index (χ1n) is 8.10. The van der Waals surface area contributed by atoms with E-state index < -0.39 is 18.1 Å². The summed E-state index contributed by atoms with van der Waals surface area (Å²) in [5.74, 6) is 0.856. The Labute approximate surface area is 148 Å². The number of amides is 1. The molecule has 2 atom stereocenters. The molecule has 7 heteroatoms. The zero-order valence-electron chi connectivity index (χ0n) is 13.7.